The van der Waals surface area contributed by atoms with E-state index in [4.69, 9.17) is 9.15 Å². The second-order valence-corrected chi connectivity index (χ2v) is 6.31. The Bertz CT molecular complexity index is 828. The van der Waals surface area contributed by atoms with Gasteiger partial charge in [-0.3, -0.25) is 4.79 Å². The molecule has 4 nitrogen and oxygen atoms in total. The van der Waals surface area contributed by atoms with Crippen molar-refractivity contribution in [2.24, 2.45) is 0 Å². The molecule has 1 aromatic heterocycles. The highest BCUT2D eigenvalue weighted by molar-refractivity contribution is 9.10. The van der Waals surface area contributed by atoms with Crippen LogP contribution in [0.1, 0.15) is 23.2 Å². The summed E-state index contributed by atoms with van der Waals surface area (Å²) in [6.45, 7) is 2.77. The standard InChI is InChI=1S/C20H18BrNO3/c1-2-22(16-6-4-3-5-7-16)20(23)19-13-12-18(25-19)14-24-17-10-8-15(21)9-11-17/h3-13H,2,14H2,1H3. The van der Waals surface area contributed by atoms with Crippen LogP contribution < -0.4 is 9.64 Å². The van der Waals surface area contributed by atoms with Gasteiger partial charge in [-0.15, -0.1) is 0 Å². The van der Waals surface area contributed by atoms with E-state index in [1.54, 1.807) is 17.0 Å². The SMILES string of the molecule is CCN(C(=O)c1ccc(COc2ccc(Br)cc2)o1)c1ccccc1. The monoisotopic (exact) mass is 399 g/mol. The number of hydrogen-bond acceptors (Lipinski definition) is 3. The first-order chi connectivity index (χ1) is 12.2. The van der Waals surface area contributed by atoms with Crippen LogP contribution in [0.25, 0.3) is 0 Å². The molecule has 0 aliphatic heterocycles. The van der Waals surface area contributed by atoms with E-state index in [1.807, 2.05) is 61.5 Å². The molecule has 0 atom stereocenters. The number of benzene rings is 2. The fraction of sp³-hybridized carbons (Fsp3) is 0.150. The summed E-state index contributed by atoms with van der Waals surface area (Å²) in [4.78, 5) is 14.4. The van der Waals surface area contributed by atoms with E-state index in [1.165, 1.54) is 0 Å². The highest BCUT2D eigenvalue weighted by Crippen LogP contribution is 2.20. The smallest absolute Gasteiger partial charge is 0.293 e. The maximum atomic E-state index is 12.7. The molecule has 0 aliphatic rings. The lowest BCUT2D eigenvalue weighted by Crippen LogP contribution is -2.30. The molecule has 0 bridgehead atoms. The van der Waals surface area contributed by atoms with Gasteiger partial charge >= 0.3 is 0 Å². The minimum Gasteiger partial charge on any atom is -0.486 e. The summed E-state index contributed by atoms with van der Waals surface area (Å²) >= 11 is 3.38. The van der Waals surface area contributed by atoms with Crippen molar-refractivity contribution in [1.82, 2.24) is 0 Å². The van der Waals surface area contributed by atoms with Gasteiger partial charge in [-0.25, -0.2) is 0 Å². The van der Waals surface area contributed by atoms with Crippen molar-refractivity contribution in [1.29, 1.82) is 0 Å². The van der Waals surface area contributed by atoms with Crippen LogP contribution in [0.5, 0.6) is 5.75 Å². The summed E-state index contributed by atoms with van der Waals surface area (Å²) in [5.41, 5.74) is 0.846. The molecule has 0 fully saturated rings. The van der Waals surface area contributed by atoms with Crippen LogP contribution >= 0.6 is 15.9 Å². The number of para-hydroxylation sites is 1. The van der Waals surface area contributed by atoms with Gasteiger partial charge in [0.1, 0.15) is 18.1 Å². The molecule has 0 saturated heterocycles. The molecule has 3 rings (SSSR count). The number of amides is 1. The van der Waals surface area contributed by atoms with Crippen molar-refractivity contribution in [2.75, 3.05) is 11.4 Å². The fourth-order valence-corrected chi connectivity index (χ4v) is 2.70. The van der Waals surface area contributed by atoms with Crippen LogP contribution in [0.3, 0.4) is 0 Å². The molecule has 128 valence electrons. The van der Waals surface area contributed by atoms with Crippen molar-refractivity contribution in [3.8, 4) is 5.75 Å². The van der Waals surface area contributed by atoms with E-state index in [9.17, 15) is 4.79 Å². The predicted molar refractivity (Wildman–Crippen MR) is 101 cm³/mol. The zero-order valence-electron chi connectivity index (χ0n) is 13.8. The molecule has 5 heteroatoms. The number of halogens is 1. The highest BCUT2D eigenvalue weighted by atomic mass is 79.9. The Hall–Kier alpha value is -2.53. The third kappa shape index (κ3) is 4.31. The number of nitrogens with zero attached hydrogens (tertiary/aromatic N) is 1. The summed E-state index contributed by atoms with van der Waals surface area (Å²) in [7, 11) is 0. The van der Waals surface area contributed by atoms with Gasteiger partial charge in [-0.05, 0) is 55.5 Å². The van der Waals surface area contributed by atoms with Crippen LogP contribution in [-0.2, 0) is 6.61 Å². The number of rotatable bonds is 6. The first kappa shape index (κ1) is 17.3. The maximum Gasteiger partial charge on any atom is 0.293 e. The maximum absolute atomic E-state index is 12.7. The number of ether oxygens (including phenoxy) is 1. The highest BCUT2D eigenvalue weighted by Gasteiger charge is 2.19. The molecule has 0 N–H and O–H groups in total. The third-order valence-electron chi connectivity index (χ3n) is 3.70. The van der Waals surface area contributed by atoms with Gasteiger partial charge in [-0.1, -0.05) is 34.1 Å². The van der Waals surface area contributed by atoms with E-state index >= 15 is 0 Å². The molecule has 2 aromatic carbocycles. The third-order valence-corrected chi connectivity index (χ3v) is 4.23. The zero-order valence-corrected chi connectivity index (χ0v) is 15.4. The molecule has 0 saturated carbocycles. The molecule has 3 aromatic rings. The molecular weight excluding hydrogens is 382 g/mol. The lowest BCUT2D eigenvalue weighted by molar-refractivity contribution is 0.0957. The Morgan fingerprint density at radius 1 is 1.04 bits per heavy atom. The minimum atomic E-state index is -0.163. The van der Waals surface area contributed by atoms with Gasteiger partial charge in [0.2, 0.25) is 0 Å². The average Bonchev–Trinajstić information content (AvgIpc) is 3.12. The Balaban J connectivity index is 1.67. The summed E-state index contributed by atoms with van der Waals surface area (Å²) in [5, 5.41) is 0. The van der Waals surface area contributed by atoms with Crippen LogP contribution in [0.15, 0.2) is 75.6 Å². The van der Waals surface area contributed by atoms with Crippen LogP contribution in [0, 0.1) is 0 Å². The number of furan rings is 1. The lowest BCUT2D eigenvalue weighted by atomic mass is 10.2. The first-order valence-corrected chi connectivity index (χ1v) is 8.80. The number of carbonyl (C=O) groups excluding carboxylic acids is 1. The van der Waals surface area contributed by atoms with Crippen LogP contribution in [-0.4, -0.2) is 12.5 Å². The Morgan fingerprint density at radius 2 is 1.76 bits per heavy atom. The molecule has 25 heavy (non-hydrogen) atoms. The molecule has 1 amide bonds. The van der Waals surface area contributed by atoms with Gasteiger partial charge in [0.15, 0.2) is 5.76 Å². The Labute approximate surface area is 155 Å². The summed E-state index contributed by atoms with van der Waals surface area (Å²) in [5.74, 6) is 1.49. The van der Waals surface area contributed by atoms with E-state index in [-0.39, 0.29) is 12.5 Å². The van der Waals surface area contributed by atoms with E-state index < -0.39 is 0 Å². The predicted octanol–water partition coefficient (Wildman–Crippen LogP) is 5.29. The zero-order chi connectivity index (χ0) is 17.6. The van der Waals surface area contributed by atoms with E-state index in [0.29, 0.717) is 18.1 Å². The summed E-state index contributed by atoms with van der Waals surface area (Å²) in [6.07, 6.45) is 0. The van der Waals surface area contributed by atoms with Crippen molar-refractivity contribution in [3.63, 3.8) is 0 Å². The molecule has 1 heterocycles. The van der Waals surface area contributed by atoms with Crippen LogP contribution in [0.2, 0.25) is 0 Å². The van der Waals surface area contributed by atoms with Crippen molar-refractivity contribution in [3.05, 3.63) is 82.7 Å². The Morgan fingerprint density at radius 3 is 2.44 bits per heavy atom. The molecule has 0 spiro atoms. The van der Waals surface area contributed by atoms with Gasteiger partial charge in [0, 0.05) is 16.7 Å². The normalized spacial score (nSPS) is 10.5. The molecule has 0 radical (unpaired) electrons. The largest absolute Gasteiger partial charge is 0.486 e. The van der Waals surface area contributed by atoms with Crippen molar-refractivity contribution < 1.29 is 13.9 Å². The van der Waals surface area contributed by atoms with Gasteiger partial charge in [0.05, 0.1) is 0 Å². The lowest BCUT2D eigenvalue weighted by Gasteiger charge is -2.19. The second kappa shape index (κ2) is 8.03. The van der Waals surface area contributed by atoms with E-state index in [2.05, 4.69) is 15.9 Å². The van der Waals surface area contributed by atoms with Gasteiger partial charge in [0.25, 0.3) is 5.91 Å². The minimum absolute atomic E-state index is 0.163. The van der Waals surface area contributed by atoms with Gasteiger partial charge in [-0.2, -0.15) is 0 Å². The van der Waals surface area contributed by atoms with Gasteiger partial charge < -0.3 is 14.1 Å². The number of anilines is 1. The van der Waals surface area contributed by atoms with Crippen molar-refractivity contribution in [2.45, 2.75) is 13.5 Å². The summed E-state index contributed by atoms with van der Waals surface area (Å²) in [6, 6.07) is 20.6. The van der Waals surface area contributed by atoms with Crippen LogP contribution in [0.4, 0.5) is 5.69 Å². The number of hydrogen-bond donors (Lipinski definition) is 0. The number of carbonyl (C=O) groups is 1. The second-order valence-electron chi connectivity index (χ2n) is 5.39. The first-order valence-electron chi connectivity index (χ1n) is 8.01. The molecule has 0 unspecified atom stereocenters. The summed E-state index contributed by atoms with van der Waals surface area (Å²) < 4.78 is 12.3. The average molecular weight is 400 g/mol. The fourth-order valence-electron chi connectivity index (χ4n) is 2.44. The Kier molecular flexibility index (Phi) is 5.56. The quantitative estimate of drug-likeness (QED) is 0.565. The molecule has 0 aliphatic carbocycles. The topological polar surface area (TPSA) is 42.7 Å². The van der Waals surface area contributed by atoms with Crippen molar-refractivity contribution >= 4 is 27.5 Å². The van der Waals surface area contributed by atoms with E-state index in [0.717, 1.165) is 15.9 Å². The molecular formula is C20H18BrNO3.